The molecule has 1 aliphatic rings. The Morgan fingerprint density at radius 2 is 2.44 bits per heavy atom. The van der Waals surface area contributed by atoms with Crippen LogP contribution in [0.25, 0.3) is 0 Å². The number of hydrogen-bond donors (Lipinski definition) is 0. The summed E-state index contributed by atoms with van der Waals surface area (Å²) in [5.41, 5.74) is 0. The van der Waals surface area contributed by atoms with Crippen LogP contribution in [0, 0.1) is 5.92 Å². The van der Waals surface area contributed by atoms with E-state index in [1.165, 1.54) is 12.8 Å². The molecule has 16 heavy (non-hydrogen) atoms. The van der Waals surface area contributed by atoms with Crippen LogP contribution in [0.5, 0.6) is 0 Å². The van der Waals surface area contributed by atoms with Crippen LogP contribution < -0.4 is 4.90 Å². The third-order valence-corrected chi connectivity index (χ3v) is 4.46. The van der Waals surface area contributed by atoms with Gasteiger partial charge < -0.3 is 4.90 Å². The van der Waals surface area contributed by atoms with Crippen molar-refractivity contribution in [3.8, 4) is 0 Å². The minimum atomic E-state index is 0.751. The molecule has 0 spiro atoms. The lowest BCUT2D eigenvalue weighted by molar-refractivity contribution is 0.452. The molecule has 1 saturated heterocycles. The highest BCUT2D eigenvalue weighted by Crippen LogP contribution is 2.24. The molecule has 0 aromatic carbocycles. The van der Waals surface area contributed by atoms with Crippen molar-refractivity contribution < 1.29 is 0 Å². The van der Waals surface area contributed by atoms with E-state index >= 15 is 0 Å². The van der Waals surface area contributed by atoms with Crippen molar-refractivity contribution in [1.82, 2.24) is 9.97 Å². The second kappa shape index (κ2) is 5.87. The van der Waals surface area contributed by atoms with Gasteiger partial charge in [0.2, 0.25) is 0 Å². The van der Waals surface area contributed by atoms with Gasteiger partial charge in [-0.3, -0.25) is 0 Å². The maximum atomic E-state index is 4.37. The van der Waals surface area contributed by atoms with Gasteiger partial charge in [0.25, 0.3) is 0 Å². The van der Waals surface area contributed by atoms with E-state index in [2.05, 4.69) is 36.9 Å². The smallest absolute Gasteiger partial charge is 0.133 e. The van der Waals surface area contributed by atoms with Gasteiger partial charge in [0.15, 0.2) is 0 Å². The van der Waals surface area contributed by atoms with Crippen molar-refractivity contribution >= 4 is 33.5 Å². The first kappa shape index (κ1) is 12.2. The SMILES string of the molecule is CSc1cc(N2CCCC(CBr)C2)ncn1. The summed E-state index contributed by atoms with van der Waals surface area (Å²) in [6.07, 6.45) is 6.29. The molecular formula is C11H16BrN3S. The van der Waals surface area contributed by atoms with E-state index in [1.807, 2.05) is 6.26 Å². The van der Waals surface area contributed by atoms with Crippen LogP contribution in [0.3, 0.4) is 0 Å². The molecule has 3 nitrogen and oxygen atoms in total. The summed E-state index contributed by atoms with van der Waals surface area (Å²) >= 11 is 5.24. The number of anilines is 1. The van der Waals surface area contributed by atoms with E-state index in [0.29, 0.717) is 0 Å². The van der Waals surface area contributed by atoms with Gasteiger partial charge in [-0.2, -0.15) is 0 Å². The highest BCUT2D eigenvalue weighted by atomic mass is 79.9. The fourth-order valence-electron chi connectivity index (χ4n) is 2.01. The lowest BCUT2D eigenvalue weighted by Gasteiger charge is -2.32. The summed E-state index contributed by atoms with van der Waals surface area (Å²) in [7, 11) is 0. The fraction of sp³-hybridized carbons (Fsp3) is 0.636. The van der Waals surface area contributed by atoms with Crippen molar-refractivity contribution in [2.75, 3.05) is 29.6 Å². The number of alkyl halides is 1. The summed E-state index contributed by atoms with van der Waals surface area (Å²) in [4.78, 5) is 10.9. The summed E-state index contributed by atoms with van der Waals surface area (Å²) in [5, 5.41) is 2.13. The number of thioether (sulfide) groups is 1. The van der Waals surface area contributed by atoms with Crippen LogP contribution >= 0.6 is 27.7 Å². The Balaban J connectivity index is 2.10. The number of piperidine rings is 1. The van der Waals surface area contributed by atoms with Crippen molar-refractivity contribution in [3.63, 3.8) is 0 Å². The van der Waals surface area contributed by atoms with Crippen LogP contribution in [0.1, 0.15) is 12.8 Å². The van der Waals surface area contributed by atoms with E-state index in [1.54, 1.807) is 18.1 Å². The van der Waals surface area contributed by atoms with Gasteiger partial charge in [-0.05, 0) is 25.0 Å². The average Bonchev–Trinajstić information content (AvgIpc) is 2.39. The molecule has 0 amide bonds. The van der Waals surface area contributed by atoms with E-state index in [0.717, 1.165) is 35.2 Å². The second-order valence-electron chi connectivity index (χ2n) is 4.03. The summed E-state index contributed by atoms with van der Waals surface area (Å²) in [6, 6.07) is 2.08. The highest BCUT2D eigenvalue weighted by molar-refractivity contribution is 9.09. The van der Waals surface area contributed by atoms with Gasteiger partial charge in [-0.15, -0.1) is 11.8 Å². The molecule has 2 rings (SSSR count). The zero-order valence-electron chi connectivity index (χ0n) is 9.40. The molecule has 1 atom stereocenters. The molecular weight excluding hydrogens is 286 g/mol. The first-order valence-corrected chi connectivity index (χ1v) is 7.85. The highest BCUT2D eigenvalue weighted by Gasteiger charge is 2.20. The Hall–Kier alpha value is -0.290. The van der Waals surface area contributed by atoms with Crippen molar-refractivity contribution in [2.24, 2.45) is 5.92 Å². The summed E-state index contributed by atoms with van der Waals surface area (Å²) < 4.78 is 0. The topological polar surface area (TPSA) is 29.0 Å². The lowest BCUT2D eigenvalue weighted by atomic mass is 10.0. The van der Waals surface area contributed by atoms with Crippen molar-refractivity contribution in [1.29, 1.82) is 0 Å². The van der Waals surface area contributed by atoms with Crippen LogP contribution in [-0.2, 0) is 0 Å². The Bertz CT molecular complexity index is 348. The molecule has 1 aromatic rings. The van der Waals surface area contributed by atoms with Gasteiger partial charge in [0.1, 0.15) is 17.2 Å². The predicted molar refractivity (Wildman–Crippen MR) is 72.5 cm³/mol. The Labute approximate surface area is 109 Å². The van der Waals surface area contributed by atoms with E-state index in [4.69, 9.17) is 0 Å². The number of rotatable bonds is 3. The molecule has 0 saturated carbocycles. The molecule has 1 aromatic heterocycles. The first-order chi connectivity index (χ1) is 7.83. The first-order valence-electron chi connectivity index (χ1n) is 5.50. The molecule has 1 fully saturated rings. The van der Waals surface area contributed by atoms with Gasteiger partial charge in [0.05, 0.1) is 0 Å². The second-order valence-corrected chi connectivity index (χ2v) is 5.50. The molecule has 0 N–H and O–H groups in total. The largest absolute Gasteiger partial charge is 0.356 e. The van der Waals surface area contributed by atoms with Gasteiger partial charge in [-0.25, -0.2) is 9.97 Å². The molecule has 0 radical (unpaired) electrons. The maximum absolute atomic E-state index is 4.37. The van der Waals surface area contributed by atoms with E-state index < -0.39 is 0 Å². The lowest BCUT2D eigenvalue weighted by Crippen LogP contribution is -2.36. The average molecular weight is 302 g/mol. The fourth-order valence-corrected chi connectivity index (χ4v) is 2.92. The summed E-state index contributed by atoms with van der Waals surface area (Å²) in [5.74, 6) is 1.83. The van der Waals surface area contributed by atoms with Crippen molar-refractivity contribution in [2.45, 2.75) is 17.9 Å². The van der Waals surface area contributed by atoms with Crippen LogP contribution in [0.2, 0.25) is 0 Å². The standard InChI is InChI=1S/C11H16BrN3S/c1-16-11-5-10(13-8-14-11)15-4-2-3-9(6-12)7-15/h5,8-9H,2-4,6-7H2,1H3. The Kier molecular flexibility index (Phi) is 4.46. The quantitative estimate of drug-likeness (QED) is 0.488. The predicted octanol–water partition coefficient (Wildman–Crippen LogP) is 2.81. The van der Waals surface area contributed by atoms with Crippen LogP contribution in [0.15, 0.2) is 17.4 Å². The monoisotopic (exact) mass is 301 g/mol. The van der Waals surface area contributed by atoms with Gasteiger partial charge in [-0.1, -0.05) is 15.9 Å². The number of nitrogens with zero attached hydrogens (tertiary/aromatic N) is 3. The van der Waals surface area contributed by atoms with Gasteiger partial charge >= 0.3 is 0 Å². The van der Waals surface area contributed by atoms with E-state index in [-0.39, 0.29) is 0 Å². The maximum Gasteiger partial charge on any atom is 0.133 e. The zero-order chi connectivity index (χ0) is 11.4. The zero-order valence-corrected chi connectivity index (χ0v) is 11.8. The van der Waals surface area contributed by atoms with E-state index in [9.17, 15) is 0 Å². The minimum Gasteiger partial charge on any atom is -0.356 e. The molecule has 1 unspecified atom stereocenters. The van der Waals surface area contributed by atoms with Crippen molar-refractivity contribution in [3.05, 3.63) is 12.4 Å². The summed E-state index contributed by atoms with van der Waals surface area (Å²) in [6.45, 7) is 2.23. The molecule has 0 aliphatic carbocycles. The molecule has 1 aliphatic heterocycles. The number of aromatic nitrogens is 2. The minimum absolute atomic E-state index is 0.751. The third kappa shape index (κ3) is 2.88. The van der Waals surface area contributed by atoms with Crippen LogP contribution in [0.4, 0.5) is 5.82 Å². The molecule has 0 bridgehead atoms. The van der Waals surface area contributed by atoms with Crippen LogP contribution in [-0.4, -0.2) is 34.6 Å². The number of halogens is 1. The molecule has 88 valence electrons. The normalized spacial score (nSPS) is 21.1. The number of hydrogen-bond acceptors (Lipinski definition) is 4. The Morgan fingerprint density at radius 1 is 1.56 bits per heavy atom. The Morgan fingerprint density at radius 3 is 3.19 bits per heavy atom. The molecule has 2 heterocycles. The third-order valence-electron chi connectivity index (χ3n) is 2.90. The van der Waals surface area contributed by atoms with Gasteiger partial charge in [0, 0.05) is 24.5 Å². The molecule has 5 heteroatoms.